The molecule has 19 heavy (non-hydrogen) atoms. The number of methoxy groups -OCH3 is 1. The van der Waals surface area contributed by atoms with E-state index < -0.39 is 0 Å². The summed E-state index contributed by atoms with van der Waals surface area (Å²) in [6.07, 6.45) is 3.45. The van der Waals surface area contributed by atoms with Gasteiger partial charge in [-0.15, -0.1) is 0 Å². The zero-order chi connectivity index (χ0) is 13.7. The fourth-order valence-electron chi connectivity index (χ4n) is 2.54. The number of fused-ring (bicyclic) bond motifs is 1. The van der Waals surface area contributed by atoms with Crippen LogP contribution in [0.25, 0.3) is 0 Å². The Hall–Kier alpha value is -1.55. The Balaban J connectivity index is 2.08. The van der Waals surface area contributed by atoms with Gasteiger partial charge in [-0.2, -0.15) is 0 Å². The van der Waals surface area contributed by atoms with E-state index in [9.17, 15) is 4.79 Å². The maximum absolute atomic E-state index is 11.1. The minimum atomic E-state index is -0.358. The number of rotatable bonds is 5. The molecule has 0 saturated carbocycles. The van der Waals surface area contributed by atoms with E-state index in [1.807, 2.05) is 12.1 Å². The van der Waals surface area contributed by atoms with E-state index in [-0.39, 0.29) is 12.6 Å². The van der Waals surface area contributed by atoms with Crippen molar-refractivity contribution in [2.45, 2.75) is 32.2 Å². The summed E-state index contributed by atoms with van der Waals surface area (Å²) in [6, 6.07) is 6.52. The second-order valence-corrected chi connectivity index (χ2v) is 4.73. The molecule has 1 aromatic rings. The summed E-state index contributed by atoms with van der Waals surface area (Å²) < 4.78 is 9.98. The minimum Gasteiger partial charge on any atom is -0.482 e. The lowest BCUT2D eigenvalue weighted by Crippen LogP contribution is -2.24. The fraction of sp³-hybridized carbons (Fsp3) is 0.533. The van der Waals surface area contributed by atoms with Crippen LogP contribution in [0.3, 0.4) is 0 Å². The summed E-state index contributed by atoms with van der Waals surface area (Å²) in [5.74, 6) is 0.379. The Bertz CT molecular complexity index is 445. The molecule has 0 amide bonds. The Labute approximate surface area is 114 Å². The summed E-state index contributed by atoms with van der Waals surface area (Å²) in [5, 5.41) is 3.50. The largest absolute Gasteiger partial charge is 0.482 e. The van der Waals surface area contributed by atoms with Crippen LogP contribution >= 0.6 is 0 Å². The Morgan fingerprint density at radius 1 is 1.47 bits per heavy atom. The van der Waals surface area contributed by atoms with Crippen molar-refractivity contribution in [1.82, 2.24) is 5.32 Å². The standard InChI is InChI=1S/C15H21NO3/c1-3-16-14-6-4-5-11-9-12(7-8-13(11)14)19-10-15(17)18-2/h7-9,14,16H,3-6,10H2,1-2H3. The number of benzene rings is 1. The van der Waals surface area contributed by atoms with Gasteiger partial charge in [-0.3, -0.25) is 0 Å². The Morgan fingerprint density at radius 2 is 2.32 bits per heavy atom. The second kappa shape index (κ2) is 6.57. The lowest BCUT2D eigenvalue weighted by atomic mass is 9.87. The van der Waals surface area contributed by atoms with Crippen molar-refractivity contribution < 1.29 is 14.3 Å². The summed E-state index contributed by atoms with van der Waals surface area (Å²) in [7, 11) is 1.36. The molecule has 1 aromatic carbocycles. The number of carbonyl (C=O) groups is 1. The molecule has 4 nitrogen and oxygen atoms in total. The first-order chi connectivity index (χ1) is 9.24. The van der Waals surface area contributed by atoms with E-state index >= 15 is 0 Å². The third-order valence-corrected chi connectivity index (χ3v) is 3.46. The van der Waals surface area contributed by atoms with Crippen LogP contribution < -0.4 is 10.1 Å². The smallest absolute Gasteiger partial charge is 0.343 e. The molecule has 1 atom stereocenters. The fourth-order valence-corrected chi connectivity index (χ4v) is 2.54. The highest BCUT2D eigenvalue weighted by atomic mass is 16.6. The van der Waals surface area contributed by atoms with Crippen molar-refractivity contribution in [3.63, 3.8) is 0 Å². The van der Waals surface area contributed by atoms with Crippen LogP contribution in [0.15, 0.2) is 18.2 Å². The highest BCUT2D eigenvalue weighted by Gasteiger charge is 2.19. The van der Waals surface area contributed by atoms with E-state index in [1.54, 1.807) is 0 Å². The lowest BCUT2D eigenvalue weighted by Gasteiger charge is -2.26. The van der Waals surface area contributed by atoms with E-state index in [0.29, 0.717) is 6.04 Å². The summed E-state index contributed by atoms with van der Waals surface area (Å²) in [4.78, 5) is 11.1. The quantitative estimate of drug-likeness (QED) is 0.828. The topological polar surface area (TPSA) is 47.6 Å². The first-order valence-corrected chi connectivity index (χ1v) is 6.80. The molecule has 0 aromatic heterocycles. The van der Waals surface area contributed by atoms with Gasteiger partial charge in [0.2, 0.25) is 0 Å². The number of aryl methyl sites for hydroxylation is 1. The van der Waals surface area contributed by atoms with Crippen molar-refractivity contribution in [3.8, 4) is 5.75 Å². The first kappa shape index (κ1) is 13.9. The summed E-state index contributed by atoms with van der Waals surface area (Å²) in [6.45, 7) is 3.07. The molecule has 0 fully saturated rings. The molecular weight excluding hydrogens is 242 g/mol. The van der Waals surface area contributed by atoms with Crippen LogP contribution in [0.2, 0.25) is 0 Å². The van der Waals surface area contributed by atoms with Gasteiger partial charge in [-0.25, -0.2) is 4.79 Å². The van der Waals surface area contributed by atoms with Crippen LogP contribution in [-0.4, -0.2) is 26.2 Å². The van der Waals surface area contributed by atoms with Crippen molar-refractivity contribution in [3.05, 3.63) is 29.3 Å². The monoisotopic (exact) mass is 263 g/mol. The molecule has 1 unspecified atom stereocenters. The Kier molecular flexibility index (Phi) is 4.80. The summed E-state index contributed by atoms with van der Waals surface area (Å²) >= 11 is 0. The van der Waals surface area contributed by atoms with Crippen LogP contribution in [0.1, 0.15) is 36.9 Å². The molecule has 4 heteroatoms. The molecule has 0 aliphatic heterocycles. The number of carbonyl (C=O) groups excluding carboxylic acids is 1. The molecule has 104 valence electrons. The van der Waals surface area contributed by atoms with E-state index in [4.69, 9.17) is 4.74 Å². The molecule has 1 N–H and O–H groups in total. The lowest BCUT2D eigenvalue weighted by molar-refractivity contribution is -0.142. The van der Waals surface area contributed by atoms with E-state index in [0.717, 1.165) is 18.7 Å². The molecule has 0 radical (unpaired) electrons. The van der Waals surface area contributed by atoms with Crippen LogP contribution in [0.5, 0.6) is 5.75 Å². The number of hydrogen-bond donors (Lipinski definition) is 1. The normalized spacial score (nSPS) is 17.7. The third kappa shape index (κ3) is 3.47. The van der Waals surface area contributed by atoms with Crippen molar-refractivity contribution in [2.24, 2.45) is 0 Å². The van der Waals surface area contributed by atoms with Crippen LogP contribution in [0, 0.1) is 0 Å². The molecule has 0 heterocycles. The molecule has 1 aliphatic rings. The van der Waals surface area contributed by atoms with Gasteiger partial charge in [-0.1, -0.05) is 13.0 Å². The average molecular weight is 263 g/mol. The van der Waals surface area contributed by atoms with Crippen molar-refractivity contribution in [1.29, 1.82) is 0 Å². The maximum atomic E-state index is 11.1. The first-order valence-electron chi connectivity index (χ1n) is 6.80. The predicted molar refractivity (Wildman–Crippen MR) is 73.3 cm³/mol. The van der Waals surface area contributed by atoms with E-state index in [1.165, 1.54) is 31.1 Å². The van der Waals surface area contributed by atoms with Gasteiger partial charge in [0.05, 0.1) is 7.11 Å². The van der Waals surface area contributed by atoms with Crippen molar-refractivity contribution >= 4 is 5.97 Å². The third-order valence-electron chi connectivity index (χ3n) is 3.46. The molecule has 0 spiro atoms. The second-order valence-electron chi connectivity index (χ2n) is 4.73. The highest BCUT2D eigenvalue weighted by molar-refractivity contribution is 5.70. The van der Waals surface area contributed by atoms with Gasteiger partial charge in [0.25, 0.3) is 0 Å². The van der Waals surface area contributed by atoms with E-state index in [2.05, 4.69) is 23.0 Å². The van der Waals surface area contributed by atoms with Crippen LogP contribution in [0.4, 0.5) is 0 Å². The number of nitrogens with one attached hydrogen (secondary N) is 1. The predicted octanol–water partition coefficient (Wildman–Crippen LogP) is 2.23. The molecular formula is C15H21NO3. The zero-order valence-electron chi connectivity index (χ0n) is 11.6. The molecule has 0 bridgehead atoms. The minimum absolute atomic E-state index is 0.0358. The molecule has 1 aliphatic carbocycles. The zero-order valence-corrected chi connectivity index (χ0v) is 11.6. The van der Waals surface area contributed by atoms with Gasteiger partial charge in [0.1, 0.15) is 5.75 Å². The summed E-state index contributed by atoms with van der Waals surface area (Å²) in [5.41, 5.74) is 2.68. The average Bonchev–Trinajstić information content (AvgIpc) is 2.45. The van der Waals surface area contributed by atoms with Gasteiger partial charge in [0.15, 0.2) is 6.61 Å². The SMILES string of the molecule is CCNC1CCCc2cc(OCC(=O)OC)ccc21. The molecule has 0 saturated heterocycles. The van der Waals surface area contributed by atoms with Gasteiger partial charge in [-0.05, 0) is 49.1 Å². The number of hydrogen-bond acceptors (Lipinski definition) is 4. The highest BCUT2D eigenvalue weighted by Crippen LogP contribution is 2.32. The molecule has 2 rings (SSSR count). The number of ether oxygens (including phenoxy) is 2. The van der Waals surface area contributed by atoms with Crippen LogP contribution in [-0.2, 0) is 16.0 Å². The maximum Gasteiger partial charge on any atom is 0.343 e. The van der Waals surface area contributed by atoms with Gasteiger partial charge >= 0.3 is 5.97 Å². The van der Waals surface area contributed by atoms with Crippen molar-refractivity contribution in [2.75, 3.05) is 20.3 Å². The van der Waals surface area contributed by atoms with Gasteiger partial charge < -0.3 is 14.8 Å². The Morgan fingerprint density at radius 3 is 3.05 bits per heavy atom. The number of esters is 1. The van der Waals surface area contributed by atoms with Gasteiger partial charge in [0, 0.05) is 6.04 Å².